The third-order valence-electron chi connectivity index (χ3n) is 4.28. The fourth-order valence-corrected chi connectivity index (χ4v) is 3.10. The van der Waals surface area contributed by atoms with Gasteiger partial charge in [0.15, 0.2) is 11.3 Å². The van der Waals surface area contributed by atoms with Crippen LogP contribution in [-0.2, 0) is 6.54 Å². The molecule has 0 spiro atoms. The zero-order valence-electron chi connectivity index (χ0n) is 13.5. The monoisotopic (exact) mass is 342 g/mol. The summed E-state index contributed by atoms with van der Waals surface area (Å²) in [6.45, 7) is 2.52. The third kappa shape index (κ3) is 3.24. The van der Waals surface area contributed by atoms with Crippen LogP contribution in [0, 0.1) is 0 Å². The van der Waals surface area contributed by atoms with Crippen LogP contribution in [-0.4, -0.2) is 72.9 Å². The number of aromatic nitrogens is 4. The summed E-state index contributed by atoms with van der Waals surface area (Å²) in [5, 5.41) is 18.3. The highest BCUT2D eigenvalue weighted by atomic mass is 16.5. The lowest BCUT2D eigenvalue weighted by atomic mass is 10.2. The van der Waals surface area contributed by atoms with Gasteiger partial charge in [0.1, 0.15) is 6.26 Å². The van der Waals surface area contributed by atoms with Crippen LogP contribution in [0.1, 0.15) is 16.1 Å². The smallest absolute Gasteiger partial charge is 0.276 e. The van der Waals surface area contributed by atoms with E-state index in [0.29, 0.717) is 26.2 Å². The molecule has 3 aromatic heterocycles. The van der Waals surface area contributed by atoms with Crippen LogP contribution in [0.2, 0.25) is 0 Å². The van der Waals surface area contributed by atoms with Crippen LogP contribution in [0.25, 0.3) is 5.65 Å². The van der Waals surface area contributed by atoms with E-state index in [9.17, 15) is 9.90 Å². The van der Waals surface area contributed by atoms with Crippen molar-refractivity contribution in [2.24, 2.45) is 0 Å². The van der Waals surface area contributed by atoms with Crippen molar-refractivity contribution >= 4 is 11.6 Å². The summed E-state index contributed by atoms with van der Waals surface area (Å²) in [7, 11) is 0. The van der Waals surface area contributed by atoms with E-state index >= 15 is 0 Å². The summed E-state index contributed by atoms with van der Waals surface area (Å²) in [5.41, 5.74) is 2.05. The minimum absolute atomic E-state index is 0.229. The molecule has 1 saturated heterocycles. The summed E-state index contributed by atoms with van der Waals surface area (Å²) < 4.78 is 6.46. The number of aliphatic hydroxyl groups is 1. The largest absolute Gasteiger partial charge is 0.390 e. The second-order valence-electron chi connectivity index (χ2n) is 6.08. The predicted octanol–water partition coefficient (Wildman–Crippen LogP) is 0.0362. The number of aliphatic hydroxyl groups excluding tert-OH is 1. The van der Waals surface area contributed by atoms with Gasteiger partial charge in [-0.3, -0.25) is 9.69 Å². The molecule has 4 heterocycles. The Morgan fingerprint density at radius 2 is 2.28 bits per heavy atom. The molecule has 0 aliphatic carbocycles. The Morgan fingerprint density at radius 1 is 1.36 bits per heavy atom. The number of amides is 1. The van der Waals surface area contributed by atoms with E-state index in [1.165, 1.54) is 12.3 Å². The Morgan fingerprint density at radius 3 is 3.12 bits per heavy atom. The third-order valence-corrected chi connectivity index (χ3v) is 4.28. The van der Waals surface area contributed by atoms with Gasteiger partial charge < -0.3 is 14.5 Å². The van der Waals surface area contributed by atoms with Gasteiger partial charge in [0.2, 0.25) is 0 Å². The molecule has 1 fully saturated rings. The van der Waals surface area contributed by atoms with Crippen molar-refractivity contribution in [3.8, 4) is 0 Å². The number of hydrogen-bond acceptors (Lipinski definition) is 7. The molecule has 0 radical (unpaired) electrons. The number of hydrogen-bond donors (Lipinski definition) is 1. The van der Waals surface area contributed by atoms with Gasteiger partial charge in [0.05, 0.1) is 12.3 Å². The predicted molar refractivity (Wildman–Crippen MR) is 86.7 cm³/mol. The van der Waals surface area contributed by atoms with E-state index in [-0.39, 0.29) is 18.1 Å². The Kier molecular flexibility index (Phi) is 4.16. The second kappa shape index (κ2) is 6.61. The highest BCUT2D eigenvalue weighted by Crippen LogP contribution is 2.14. The molecule has 25 heavy (non-hydrogen) atoms. The van der Waals surface area contributed by atoms with E-state index in [1.54, 1.807) is 21.8 Å². The average molecular weight is 342 g/mol. The zero-order valence-corrected chi connectivity index (χ0v) is 13.5. The van der Waals surface area contributed by atoms with Crippen molar-refractivity contribution in [1.29, 1.82) is 0 Å². The zero-order chi connectivity index (χ0) is 17.2. The highest BCUT2D eigenvalue weighted by molar-refractivity contribution is 5.92. The van der Waals surface area contributed by atoms with Crippen LogP contribution in [0.4, 0.5) is 0 Å². The maximum atomic E-state index is 12.4. The van der Waals surface area contributed by atoms with E-state index < -0.39 is 6.10 Å². The van der Waals surface area contributed by atoms with E-state index in [0.717, 1.165) is 11.2 Å². The first-order chi connectivity index (χ1) is 12.2. The number of carbonyl (C=O) groups is 1. The van der Waals surface area contributed by atoms with Crippen LogP contribution in [0.5, 0.6) is 0 Å². The molecule has 1 aliphatic rings. The molecule has 1 atom stereocenters. The molecule has 3 aromatic rings. The standard InChI is InChI=1S/C16H18N6O3/c23-13-10-20(9-12-8-18-22-4-1-3-17-15(12)22)5-6-21(11-13)16(24)14-2-7-25-19-14/h1-4,7-8,13,23H,5-6,9-11H2/t13-/m1/s1. The lowest BCUT2D eigenvalue weighted by Gasteiger charge is -2.20. The molecular formula is C16H18N6O3. The lowest BCUT2D eigenvalue weighted by Crippen LogP contribution is -2.37. The van der Waals surface area contributed by atoms with Gasteiger partial charge in [-0.15, -0.1) is 0 Å². The molecule has 0 bridgehead atoms. The normalized spacial score (nSPS) is 19.2. The van der Waals surface area contributed by atoms with Gasteiger partial charge in [0.25, 0.3) is 5.91 Å². The van der Waals surface area contributed by atoms with Crippen LogP contribution in [0.3, 0.4) is 0 Å². The SMILES string of the molecule is O=C(c1ccon1)N1CCN(Cc2cnn3cccnc23)C[C@@H](O)C1. The molecule has 9 nitrogen and oxygen atoms in total. The Bertz CT molecular complexity index is 862. The molecule has 9 heteroatoms. The first-order valence-electron chi connectivity index (χ1n) is 8.08. The fourth-order valence-electron chi connectivity index (χ4n) is 3.10. The number of nitrogens with zero attached hydrogens (tertiary/aromatic N) is 6. The van der Waals surface area contributed by atoms with Crippen molar-refractivity contribution in [2.75, 3.05) is 26.2 Å². The molecule has 0 unspecified atom stereocenters. The number of carbonyl (C=O) groups excluding carboxylic acids is 1. The van der Waals surface area contributed by atoms with Gasteiger partial charge >= 0.3 is 0 Å². The summed E-state index contributed by atoms with van der Waals surface area (Å²) in [6, 6.07) is 3.36. The topological polar surface area (TPSA) is 100 Å². The van der Waals surface area contributed by atoms with Crippen molar-refractivity contribution in [3.63, 3.8) is 0 Å². The second-order valence-corrected chi connectivity index (χ2v) is 6.08. The summed E-state index contributed by atoms with van der Waals surface area (Å²) in [5.74, 6) is -0.229. The average Bonchev–Trinajstić information content (AvgIpc) is 3.24. The van der Waals surface area contributed by atoms with Crippen molar-refractivity contribution in [2.45, 2.75) is 12.6 Å². The lowest BCUT2D eigenvalue weighted by molar-refractivity contribution is 0.0653. The van der Waals surface area contributed by atoms with Gasteiger partial charge in [-0.2, -0.15) is 5.10 Å². The molecule has 130 valence electrons. The van der Waals surface area contributed by atoms with Crippen molar-refractivity contribution in [3.05, 3.63) is 48.2 Å². The Hall–Kier alpha value is -2.78. The summed E-state index contributed by atoms with van der Waals surface area (Å²) >= 11 is 0. The molecule has 1 N–H and O–H groups in total. The number of β-amino-alcohol motifs (C(OH)–C–C–N with tert-alkyl or cyclic N) is 1. The molecular weight excluding hydrogens is 324 g/mol. The van der Waals surface area contributed by atoms with E-state index in [4.69, 9.17) is 4.52 Å². The highest BCUT2D eigenvalue weighted by Gasteiger charge is 2.26. The van der Waals surface area contributed by atoms with Crippen molar-refractivity contribution in [1.82, 2.24) is 29.6 Å². The van der Waals surface area contributed by atoms with E-state index in [1.807, 2.05) is 12.3 Å². The number of fused-ring (bicyclic) bond motifs is 1. The van der Waals surface area contributed by atoms with Gasteiger partial charge in [-0.1, -0.05) is 5.16 Å². The molecule has 0 aromatic carbocycles. The molecule has 4 rings (SSSR count). The fraction of sp³-hybridized carbons (Fsp3) is 0.375. The van der Waals surface area contributed by atoms with Crippen LogP contribution in [0.15, 0.2) is 41.5 Å². The molecule has 1 aliphatic heterocycles. The number of rotatable bonds is 3. The van der Waals surface area contributed by atoms with Gasteiger partial charge in [-0.05, 0) is 6.07 Å². The first-order valence-corrected chi connectivity index (χ1v) is 8.08. The first kappa shape index (κ1) is 15.7. The van der Waals surface area contributed by atoms with Crippen LogP contribution >= 0.6 is 0 Å². The van der Waals surface area contributed by atoms with Crippen LogP contribution < -0.4 is 0 Å². The molecule has 1 amide bonds. The maximum absolute atomic E-state index is 12.4. The Labute approximate surface area is 143 Å². The molecule has 0 saturated carbocycles. The van der Waals surface area contributed by atoms with E-state index in [2.05, 4.69) is 20.1 Å². The maximum Gasteiger partial charge on any atom is 0.276 e. The van der Waals surface area contributed by atoms with Gasteiger partial charge in [-0.25, -0.2) is 9.50 Å². The Balaban J connectivity index is 1.47. The minimum Gasteiger partial charge on any atom is -0.390 e. The quantitative estimate of drug-likeness (QED) is 0.717. The summed E-state index contributed by atoms with van der Waals surface area (Å²) in [4.78, 5) is 20.5. The minimum atomic E-state index is -0.631. The van der Waals surface area contributed by atoms with Crippen molar-refractivity contribution < 1.29 is 14.4 Å². The summed E-state index contributed by atoms with van der Waals surface area (Å²) in [6.07, 6.45) is 6.11. The van der Waals surface area contributed by atoms with Gasteiger partial charge in [0, 0.05) is 56.7 Å².